The highest BCUT2D eigenvalue weighted by Crippen LogP contribution is 2.19. The average Bonchev–Trinajstić information content (AvgIpc) is 2.28. The van der Waals surface area contributed by atoms with Crippen LogP contribution in [0.1, 0.15) is 19.4 Å². The van der Waals surface area contributed by atoms with Gasteiger partial charge in [0.2, 0.25) is 0 Å². The van der Waals surface area contributed by atoms with Crippen molar-refractivity contribution in [3.8, 4) is 0 Å². The van der Waals surface area contributed by atoms with Crippen LogP contribution in [0.15, 0.2) is 24.3 Å². The van der Waals surface area contributed by atoms with Gasteiger partial charge in [-0.15, -0.1) is 0 Å². The van der Waals surface area contributed by atoms with Crippen LogP contribution in [0.2, 0.25) is 5.02 Å². The maximum Gasteiger partial charge on any atom is 0.136 e. The summed E-state index contributed by atoms with van der Waals surface area (Å²) in [6.45, 7) is 6.18. The standard InChI is InChI=1S/C12H16ClNS2/c1-3-14(4-2)12(15)16-9-10-6-5-7-11(13)8-10/h5-8H,3-4,9H2,1-2H3. The molecule has 0 N–H and O–H groups in total. The van der Waals surface area contributed by atoms with Gasteiger partial charge in [0.05, 0.1) is 0 Å². The van der Waals surface area contributed by atoms with Crippen LogP contribution in [0.4, 0.5) is 0 Å². The van der Waals surface area contributed by atoms with Crippen molar-refractivity contribution in [2.45, 2.75) is 19.6 Å². The predicted octanol–water partition coefficient (Wildman–Crippen LogP) is 4.20. The first-order valence-corrected chi connectivity index (χ1v) is 7.10. The van der Waals surface area contributed by atoms with Gasteiger partial charge in [-0.05, 0) is 31.5 Å². The molecule has 16 heavy (non-hydrogen) atoms. The van der Waals surface area contributed by atoms with Crippen molar-refractivity contribution < 1.29 is 0 Å². The highest BCUT2D eigenvalue weighted by atomic mass is 35.5. The van der Waals surface area contributed by atoms with Gasteiger partial charge in [-0.3, -0.25) is 0 Å². The number of nitrogens with zero attached hydrogens (tertiary/aromatic N) is 1. The molecule has 0 aromatic heterocycles. The summed E-state index contributed by atoms with van der Waals surface area (Å²) in [4.78, 5) is 2.19. The molecule has 88 valence electrons. The summed E-state index contributed by atoms with van der Waals surface area (Å²) < 4.78 is 0.963. The minimum absolute atomic E-state index is 0.784. The molecule has 1 nitrogen and oxygen atoms in total. The molecule has 1 aromatic carbocycles. The van der Waals surface area contributed by atoms with Crippen LogP contribution in [-0.2, 0) is 5.75 Å². The minimum atomic E-state index is 0.784. The highest BCUT2D eigenvalue weighted by molar-refractivity contribution is 8.22. The van der Waals surface area contributed by atoms with Gasteiger partial charge in [-0.1, -0.05) is 47.7 Å². The molecule has 0 heterocycles. The molecule has 1 aromatic rings. The van der Waals surface area contributed by atoms with Crippen molar-refractivity contribution in [1.29, 1.82) is 0 Å². The number of benzene rings is 1. The predicted molar refractivity (Wildman–Crippen MR) is 78.3 cm³/mol. The molecule has 0 radical (unpaired) electrons. The Balaban J connectivity index is 2.48. The molecular weight excluding hydrogens is 258 g/mol. The fraction of sp³-hybridized carbons (Fsp3) is 0.417. The summed E-state index contributed by atoms with van der Waals surface area (Å²) >= 11 is 13.0. The highest BCUT2D eigenvalue weighted by Gasteiger charge is 2.05. The molecule has 0 amide bonds. The topological polar surface area (TPSA) is 3.24 Å². The van der Waals surface area contributed by atoms with E-state index in [4.69, 9.17) is 23.8 Å². The molecule has 0 saturated heterocycles. The molecule has 0 aliphatic rings. The van der Waals surface area contributed by atoms with Gasteiger partial charge in [0, 0.05) is 23.9 Å². The Morgan fingerprint density at radius 1 is 1.38 bits per heavy atom. The Morgan fingerprint density at radius 3 is 2.62 bits per heavy atom. The minimum Gasteiger partial charge on any atom is -0.358 e. The molecular formula is C12H16ClNS2. The first-order valence-electron chi connectivity index (χ1n) is 5.33. The third-order valence-corrected chi connectivity index (χ3v) is 4.10. The third-order valence-electron chi connectivity index (χ3n) is 2.27. The van der Waals surface area contributed by atoms with Gasteiger partial charge in [-0.2, -0.15) is 0 Å². The smallest absolute Gasteiger partial charge is 0.136 e. The van der Waals surface area contributed by atoms with E-state index >= 15 is 0 Å². The Labute approximate surface area is 112 Å². The van der Waals surface area contributed by atoms with Gasteiger partial charge in [-0.25, -0.2) is 0 Å². The molecule has 1 rings (SSSR count). The fourth-order valence-electron chi connectivity index (χ4n) is 1.34. The van der Waals surface area contributed by atoms with Crippen LogP contribution in [0.5, 0.6) is 0 Å². The lowest BCUT2D eigenvalue weighted by atomic mass is 10.2. The lowest BCUT2D eigenvalue weighted by Crippen LogP contribution is -2.26. The Kier molecular flexibility index (Phi) is 6.17. The van der Waals surface area contributed by atoms with E-state index in [0.29, 0.717) is 0 Å². The SMILES string of the molecule is CCN(CC)C(=S)SCc1cccc(Cl)c1. The molecule has 0 unspecified atom stereocenters. The van der Waals surface area contributed by atoms with E-state index in [-0.39, 0.29) is 0 Å². The van der Waals surface area contributed by atoms with Gasteiger partial charge in [0.1, 0.15) is 4.32 Å². The van der Waals surface area contributed by atoms with E-state index < -0.39 is 0 Å². The Morgan fingerprint density at radius 2 is 2.06 bits per heavy atom. The van der Waals surface area contributed by atoms with Crippen molar-refractivity contribution in [3.63, 3.8) is 0 Å². The molecule has 0 saturated carbocycles. The maximum atomic E-state index is 5.92. The number of halogens is 1. The summed E-state index contributed by atoms with van der Waals surface area (Å²) in [5.41, 5.74) is 1.21. The number of thioether (sulfide) groups is 1. The molecule has 0 atom stereocenters. The van der Waals surface area contributed by atoms with Crippen molar-refractivity contribution >= 4 is 39.9 Å². The molecule has 4 heteroatoms. The zero-order valence-corrected chi connectivity index (χ0v) is 12.0. The number of thiocarbonyl (C=S) groups is 1. The van der Waals surface area contributed by atoms with Gasteiger partial charge < -0.3 is 4.90 Å². The van der Waals surface area contributed by atoms with Crippen molar-refractivity contribution in [2.75, 3.05) is 13.1 Å². The maximum absolute atomic E-state index is 5.92. The van der Waals surface area contributed by atoms with Crippen LogP contribution < -0.4 is 0 Å². The second kappa shape index (κ2) is 7.15. The van der Waals surface area contributed by atoms with Crippen LogP contribution in [-0.4, -0.2) is 22.3 Å². The first kappa shape index (κ1) is 13.8. The number of hydrogen-bond acceptors (Lipinski definition) is 2. The molecule has 0 aliphatic heterocycles. The van der Waals surface area contributed by atoms with Crippen LogP contribution in [0, 0.1) is 0 Å². The first-order chi connectivity index (χ1) is 7.67. The Hall–Kier alpha value is -0.250. The average molecular weight is 274 g/mol. The van der Waals surface area contributed by atoms with Crippen molar-refractivity contribution in [2.24, 2.45) is 0 Å². The van der Waals surface area contributed by atoms with E-state index in [1.807, 2.05) is 18.2 Å². The zero-order valence-electron chi connectivity index (χ0n) is 9.57. The quantitative estimate of drug-likeness (QED) is 0.757. The van der Waals surface area contributed by atoms with Crippen LogP contribution >= 0.6 is 35.6 Å². The molecule has 0 fully saturated rings. The van der Waals surface area contributed by atoms with Crippen molar-refractivity contribution in [1.82, 2.24) is 4.90 Å². The second-order valence-corrected chi connectivity index (χ2v) is 5.40. The van der Waals surface area contributed by atoms with Crippen LogP contribution in [0.3, 0.4) is 0 Å². The number of hydrogen-bond donors (Lipinski definition) is 0. The van der Waals surface area contributed by atoms with Crippen molar-refractivity contribution in [3.05, 3.63) is 34.9 Å². The summed E-state index contributed by atoms with van der Waals surface area (Å²) in [5, 5.41) is 0.784. The van der Waals surface area contributed by atoms with Gasteiger partial charge >= 0.3 is 0 Å². The molecule has 0 bridgehead atoms. The summed E-state index contributed by atoms with van der Waals surface area (Å²) in [7, 11) is 0. The lowest BCUT2D eigenvalue weighted by molar-refractivity contribution is 0.482. The van der Waals surface area contributed by atoms with E-state index in [0.717, 1.165) is 28.2 Å². The molecule has 0 spiro atoms. The monoisotopic (exact) mass is 273 g/mol. The van der Waals surface area contributed by atoms with Crippen LogP contribution in [0.25, 0.3) is 0 Å². The third kappa shape index (κ3) is 4.32. The summed E-state index contributed by atoms with van der Waals surface area (Å²) in [5.74, 6) is 0.885. The normalized spacial score (nSPS) is 10.2. The second-order valence-electron chi connectivity index (χ2n) is 3.36. The van der Waals surface area contributed by atoms with E-state index in [2.05, 4.69) is 24.8 Å². The van der Waals surface area contributed by atoms with Gasteiger partial charge in [0.25, 0.3) is 0 Å². The Bertz CT molecular complexity index is 351. The van der Waals surface area contributed by atoms with Gasteiger partial charge in [0.15, 0.2) is 0 Å². The van der Waals surface area contributed by atoms with E-state index in [1.54, 1.807) is 11.8 Å². The lowest BCUT2D eigenvalue weighted by Gasteiger charge is -2.20. The largest absolute Gasteiger partial charge is 0.358 e. The van der Waals surface area contributed by atoms with E-state index in [9.17, 15) is 0 Å². The summed E-state index contributed by atoms with van der Waals surface area (Å²) in [6, 6.07) is 7.92. The van der Waals surface area contributed by atoms with E-state index in [1.165, 1.54) is 5.56 Å². The summed E-state index contributed by atoms with van der Waals surface area (Å²) in [6.07, 6.45) is 0. The zero-order chi connectivity index (χ0) is 12.0. The number of rotatable bonds is 4. The fourth-order valence-corrected chi connectivity index (χ4v) is 2.90. The molecule has 0 aliphatic carbocycles.